The molecule has 0 amide bonds. The number of nitrogens with one attached hydrogen (secondary N) is 2. The SMILES string of the molecule is Cn1cc(Nc2nc(-c3cncnc3)cc3cc[nH]c(=O)c23)cn1. The molecule has 8 nitrogen and oxygen atoms in total. The normalized spacial score (nSPS) is 10.9. The highest BCUT2D eigenvalue weighted by molar-refractivity contribution is 5.94. The van der Waals surface area contributed by atoms with Gasteiger partial charge in [0.1, 0.15) is 12.1 Å². The second-order valence-corrected chi connectivity index (χ2v) is 5.28. The molecule has 0 saturated heterocycles. The van der Waals surface area contributed by atoms with Crippen LogP contribution in [0.3, 0.4) is 0 Å². The molecule has 0 atom stereocenters. The first kappa shape index (κ1) is 14.1. The molecule has 0 aliphatic heterocycles. The van der Waals surface area contributed by atoms with Crippen molar-refractivity contribution in [2.24, 2.45) is 7.05 Å². The molecule has 0 unspecified atom stereocenters. The standard InChI is InChI=1S/C16H13N7O/c1-23-8-12(7-20-23)21-15-14-10(2-3-19-16(14)24)4-13(22-15)11-5-17-9-18-6-11/h2-9H,1H3,(H,19,24)(H,21,22). The molecular weight excluding hydrogens is 306 g/mol. The van der Waals surface area contributed by atoms with Crippen molar-refractivity contribution >= 4 is 22.3 Å². The summed E-state index contributed by atoms with van der Waals surface area (Å²) in [5.74, 6) is 0.459. The van der Waals surface area contributed by atoms with E-state index in [2.05, 4.69) is 30.4 Å². The molecule has 0 bridgehead atoms. The minimum Gasteiger partial charge on any atom is -0.337 e. The lowest BCUT2D eigenvalue weighted by atomic mass is 10.1. The molecular formula is C16H13N7O. The molecule has 8 heteroatoms. The van der Waals surface area contributed by atoms with Crippen molar-refractivity contribution in [3.63, 3.8) is 0 Å². The zero-order valence-corrected chi connectivity index (χ0v) is 12.8. The van der Waals surface area contributed by atoms with E-state index >= 15 is 0 Å². The number of fused-ring (bicyclic) bond motifs is 1. The Morgan fingerprint density at radius 3 is 2.79 bits per heavy atom. The Balaban J connectivity index is 1.93. The monoisotopic (exact) mass is 319 g/mol. The topological polar surface area (TPSA) is 101 Å². The zero-order valence-electron chi connectivity index (χ0n) is 12.8. The Bertz CT molecular complexity index is 1070. The molecule has 4 aromatic heterocycles. The maximum atomic E-state index is 12.3. The van der Waals surface area contributed by atoms with Crippen molar-refractivity contribution in [1.82, 2.24) is 29.7 Å². The largest absolute Gasteiger partial charge is 0.337 e. The molecule has 24 heavy (non-hydrogen) atoms. The van der Waals surface area contributed by atoms with Gasteiger partial charge in [0.25, 0.3) is 5.56 Å². The lowest BCUT2D eigenvalue weighted by molar-refractivity contribution is 0.768. The van der Waals surface area contributed by atoms with Gasteiger partial charge in [-0.2, -0.15) is 5.10 Å². The first-order chi connectivity index (χ1) is 11.7. The van der Waals surface area contributed by atoms with E-state index in [1.165, 1.54) is 6.33 Å². The summed E-state index contributed by atoms with van der Waals surface area (Å²) in [5.41, 5.74) is 1.99. The summed E-state index contributed by atoms with van der Waals surface area (Å²) in [5, 5.41) is 8.54. The molecule has 4 aromatic rings. The predicted molar refractivity (Wildman–Crippen MR) is 89.9 cm³/mol. The Kier molecular flexibility index (Phi) is 3.27. The minimum absolute atomic E-state index is 0.206. The molecule has 0 aliphatic carbocycles. The molecule has 0 fully saturated rings. The van der Waals surface area contributed by atoms with E-state index in [0.717, 1.165) is 16.6 Å². The molecule has 2 N–H and O–H groups in total. The highest BCUT2D eigenvalue weighted by atomic mass is 16.1. The quantitative estimate of drug-likeness (QED) is 0.597. The van der Waals surface area contributed by atoms with E-state index in [0.29, 0.717) is 16.9 Å². The van der Waals surface area contributed by atoms with Gasteiger partial charge in [-0.25, -0.2) is 15.0 Å². The molecule has 0 radical (unpaired) electrons. The number of H-pyrrole nitrogens is 1. The van der Waals surface area contributed by atoms with Gasteiger partial charge in [0.15, 0.2) is 0 Å². The average molecular weight is 319 g/mol. The number of pyridine rings is 2. The lowest BCUT2D eigenvalue weighted by Crippen LogP contribution is -2.09. The average Bonchev–Trinajstić information content (AvgIpc) is 3.00. The van der Waals surface area contributed by atoms with Crippen molar-refractivity contribution in [3.05, 3.63) is 59.8 Å². The van der Waals surface area contributed by atoms with Crippen LogP contribution in [0.4, 0.5) is 11.5 Å². The van der Waals surface area contributed by atoms with Crippen LogP contribution < -0.4 is 10.9 Å². The Morgan fingerprint density at radius 1 is 1.21 bits per heavy atom. The number of aryl methyl sites for hydroxylation is 1. The van der Waals surface area contributed by atoms with Crippen molar-refractivity contribution in [2.75, 3.05) is 5.32 Å². The van der Waals surface area contributed by atoms with E-state index in [-0.39, 0.29) is 5.56 Å². The molecule has 0 aliphatic rings. The smallest absolute Gasteiger partial charge is 0.259 e. The fourth-order valence-corrected chi connectivity index (χ4v) is 2.51. The maximum Gasteiger partial charge on any atom is 0.259 e. The molecule has 4 heterocycles. The summed E-state index contributed by atoms with van der Waals surface area (Å²) in [7, 11) is 1.82. The molecule has 0 saturated carbocycles. The van der Waals surface area contributed by atoms with Crippen molar-refractivity contribution in [2.45, 2.75) is 0 Å². The van der Waals surface area contributed by atoms with Crippen molar-refractivity contribution in [3.8, 4) is 11.3 Å². The number of aromatic amines is 1. The third-order valence-electron chi connectivity index (χ3n) is 3.58. The summed E-state index contributed by atoms with van der Waals surface area (Å²) < 4.78 is 1.67. The van der Waals surface area contributed by atoms with Gasteiger partial charge in [-0.1, -0.05) is 0 Å². The first-order valence-electron chi connectivity index (χ1n) is 7.24. The number of anilines is 2. The first-order valence-corrected chi connectivity index (χ1v) is 7.24. The maximum absolute atomic E-state index is 12.3. The summed E-state index contributed by atoms with van der Waals surface area (Å²) in [6.07, 6.45) is 9.92. The van der Waals surface area contributed by atoms with Gasteiger partial charge >= 0.3 is 0 Å². The van der Waals surface area contributed by atoms with Crippen LogP contribution in [0.5, 0.6) is 0 Å². The lowest BCUT2D eigenvalue weighted by Gasteiger charge is -2.09. The van der Waals surface area contributed by atoms with Crippen molar-refractivity contribution in [1.29, 1.82) is 0 Å². The van der Waals surface area contributed by atoms with E-state index in [9.17, 15) is 4.79 Å². The van der Waals surface area contributed by atoms with Crippen LogP contribution in [0.25, 0.3) is 22.0 Å². The van der Waals surface area contributed by atoms with Crippen LogP contribution in [0, 0.1) is 0 Å². The minimum atomic E-state index is -0.206. The van der Waals surface area contributed by atoms with Crippen LogP contribution in [-0.2, 0) is 7.05 Å². The van der Waals surface area contributed by atoms with Gasteiger partial charge < -0.3 is 10.3 Å². The van der Waals surface area contributed by atoms with Gasteiger partial charge in [0.2, 0.25) is 0 Å². The van der Waals surface area contributed by atoms with E-state index in [1.54, 1.807) is 29.5 Å². The highest BCUT2D eigenvalue weighted by Crippen LogP contribution is 2.26. The van der Waals surface area contributed by atoms with Gasteiger partial charge in [0, 0.05) is 37.4 Å². The second-order valence-electron chi connectivity index (χ2n) is 5.28. The van der Waals surface area contributed by atoms with Gasteiger partial charge in [-0.15, -0.1) is 0 Å². The van der Waals surface area contributed by atoms with Gasteiger partial charge in [-0.3, -0.25) is 9.48 Å². The number of hydrogen-bond acceptors (Lipinski definition) is 6. The number of aromatic nitrogens is 6. The summed E-state index contributed by atoms with van der Waals surface area (Å²) >= 11 is 0. The van der Waals surface area contributed by atoms with Gasteiger partial charge in [0.05, 0.1) is 23.0 Å². The Morgan fingerprint density at radius 2 is 2.04 bits per heavy atom. The number of hydrogen-bond donors (Lipinski definition) is 2. The third-order valence-corrected chi connectivity index (χ3v) is 3.58. The van der Waals surface area contributed by atoms with Crippen LogP contribution in [-0.4, -0.2) is 29.7 Å². The summed E-state index contributed by atoms with van der Waals surface area (Å²) in [6.45, 7) is 0. The zero-order chi connectivity index (χ0) is 16.5. The Hall–Kier alpha value is -3.55. The summed E-state index contributed by atoms with van der Waals surface area (Å²) in [6, 6.07) is 3.68. The van der Waals surface area contributed by atoms with Crippen LogP contribution in [0.1, 0.15) is 0 Å². The fourth-order valence-electron chi connectivity index (χ4n) is 2.51. The summed E-state index contributed by atoms with van der Waals surface area (Å²) in [4.78, 5) is 27.6. The van der Waals surface area contributed by atoms with Crippen LogP contribution in [0.15, 0.2) is 54.2 Å². The van der Waals surface area contributed by atoms with Crippen LogP contribution >= 0.6 is 0 Å². The van der Waals surface area contributed by atoms with Crippen molar-refractivity contribution < 1.29 is 0 Å². The molecule has 4 rings (SSSR count). The van der Waals surface area contributed by atoms with Crippen LogP contribution in [0.2, 0.25) is 0 Å². The molecule has 0 aromatic carbocycles. The number of nitrogens with zero attached hydrogens (tertiary/aromatic N) is 5. The van der Waals surface area contributed by atoms with E-state index in [1.807, 2.05) is 25.4 Å². The predicted octanol–water partition coefficient (Wildman–Crippen LogP) is 1.86. The molecule has 118 valence electrons. The molecule has 0 spiro atoms. The highest BCUT2D eigenvalue weighted by Gasteiger charge is 2.12. The van der Waals surface area contributed by atoms with E-state index in [4.69, 9.17) is 0 Å². The number of rotatable bonds is 3. The van der Waals surface area contributed by atoms with Gasteiger partial charge in [-0.05, 0) is 17.5 Å². The fraction of sp³-hybridized carbons (Fsp3) is 0.0625. The third kappa shape index (κ3) is 2.50. The van der Waals surface area contributed by atoms with E-state index < -0.39 is 0 Å². The Labute approximate surface area is 136 Å². The second kappa shape index (κ2) is 5.58.